The van der Waals surface area contributed by atoms with Crippen molar-refractivity contribution in [2.45, 2.75) is 64.3 Å². The summed E-state index contributed by atoms with van der Waals surface area (Å²) in [5, 5.41) is 10.2. The highest BCUT2D eigenvalue weighted by atomic mass is 16.5. The molecule has 36 heavy (non-hydrogen) atoms. The molecule has 4 heterocycles. The number of morpholine rings is 1. The van der Waals surface area contributed by atoms with Crippen molar-refractivity contribution >= 4 is 23.6 Å². The SMILES string of the molecule is CC(C)C(O)C(=O)N(C)C1CC(N2CCc3c(-c4cnc(N)nc4)nc(N4CCOCC4C)nc32)C1. The zero-order chi connectivity index (χ0) is 25.6. The standard InChI is InChI=1S/C25H36N8O3/c1-14(2)21(34)23(35)31(4)17-9-18(10-17)33-6-5-19-20(16-11-27-24(26)28-12-16)29-25(30-22(19)33)32-7-8-36-13-15(32)3/h11-12,14-15,17-18,21,34H,5-10,13H2,1-4H3,(H2,26,27,28). The number of anilines is 3. The number of ether oxygens (including phenoxy) is 1. The molecule has 11 nitrogen and oxygen atoms in total. The molecule has 2 unspecified atom stereocenters. The Hall–Kier alpha value is -3.05. The van der Waals surface area contributed by atoms with Crippen molar-refractivity contribution in [3.8, 4) is 11.3 Å². The van der Waals surface area contributed by atoms with Gasteiger partial charge in [-0.25, -0.2) is 15.0 Å². The summed E-state index contributed by atoms with van der Waals surface area (Å²) in [6, 6.07) is 0.566. The molecule has 3 N–H and O–H groups in total. The molecular formula is C25H36N8O3. The van der Waals surface area contributed by atoms with Crippen molar-refractivity contribution in [1.82, 2.24) is 24.8 Å². The summed E-state index contributed by atoms with van der Waals surface area (Å²) in [6.45, 7) is 8.69. The first-order chi connectivity index (χ1) is 17.2. The lowest BCUT2D eigenvalue weighted by Crippen LogP contribution is -2.56. The summed E-state index contributed by atoms with van der Waals surface area (Å²) >= 11 is 0. The predicted octanol–water partition coefficient (Wildman–Crippen LogP) is 1.11. The Labute approximate surface area is 211 Å². The average molecular weight is 497 g/mol. The first kappa shape index (κ1) is 24.6. The molecule has 1 saturated heterocycles. The fourth-order valence-electron chi connectivity index (χ4n) is 5.28. The summed E-state index contributed by atoms with van der Waals surface area (Å²) < 4.78 is 5.63. The molecule has 11 heteroatoms. The van der Waals surface area contributed by atoms with Gasteiger partial charge in [-0.15, -0.1) is 0 Å². The summed E-state index contributed by atoms with van der Waals surface area (Å²) in [4.78, 5) is 37.4. The average Bonchev–Trinajstić information content (AvgIpc) is 3.26. The first-order valence-corrected chi connectivity index (χ1v) is 12.8. The van der Waals surface area contributed by atoms with Gasteiger partial charge in [-0.1, -0.05) is 13.8 Å². The zero-order valence-electron chi connectivity index (χ0n) is 21.5. The van der Waals surface area contributed by atoms with Gasteiger partial charge in [0.15, 0.2) is 0 Å². The topological polar surface area (TPSA) is 134 Å². The molecule has 1 aliphatic carbocycles. The zero-order valence-corrected chi connectivity index (χ0v) is 21.5. The van der Waals surface area contributed by atoms with E-state index in [1.54, 1.807) is 24.3 Å². The third-order valence-electron chi connectivity index (χ3n) is 7.73. The van der Waals surface area contributed by atoms with E-state index in [0.717, 1.165) is 55.0 Å². The van der Waals surface area contributed by atoms with Crippen LogP contribution in [0.25, 0.3) is 11.3 Å². The maximum atomic E-state index is 12.6. The van der Waals surface area contributed by atoms with E-state index in [0.29, 0.717) is 19.2 Å². The second kappa shape index (κ2) is 9.78. The van der Waals surface area contributed by atoms with Crippen molar-refractivity contribution in [2.24, 2.45) is 5.92 Å². The summed E-state index contributed by atoms with van der Waals surface area (Å²) in [5.41, 5.74) is 8.50. The molecule has 194 valence electrons. The number of carbonyl (C=O) groups excluding carboxylic acids is 1. The van der Waals surface area contributed by atoms with E-state index < -0.39 is 6.10 Å². The summed E-state index contributed by atoms with van der Waals surface area (Å²) in [6.07, 6.45) is 5.01. The van der Waals surface area contributed by atoms with Crippen LogP contribution >= 0.6 is 0 Å². The molecule has 2 aromatic heterocycles. The normalized spacial score (nSPS) is 24.4. The highest BCUT2D eigenvalue weighted by Crippen LogP contribution is 2.41. The highest BCUT2D eigenvalue weighted by Gasteiger charge is 2.42. The van der Waals surface area contributed by atoms with Gasteiger partial charge in [0.25, 0.3) is 5.91 Å². The Morgan fingerprint density at radius 3 is 2.58 bits per heavy atom. The molecule has 2 fully saturated rings. The largest absolute Gasteiger partial charge is 0.383 e. The second-order valence-electron chi connectivity index (χ2n) is 10.5. The van der Waals surface area contributed by atoms with Gasteiger partial charge in [0, 0.05) is 55.7 Å². The molecule has 3 aliphatic rings. The first-order valence-electron chi connectivity index (χ1n) is 12.8. The van der Waals surface area contributed by atoms with Crippen molar-refractivity contribution in [3.05, 3.63) is 18.0 Å². The van der Waals surface area contributed by atoms with E-state index in [2.05, 4.69) is 26.7 Å². The lowest BCUT2D eigenvalue weighted by atomic mass is 9.84. The van der Waals surface area contributed by atoms with E-state index in [1.807, 2.05) is 13.8 Å². The number of amides is 1. The van der Waals surface area contributed by atoms with Crippen molar-refractivity contribution in [3.63, 3.8) is 0 Å². The summed E-state index contributed by atoms with van der Waals surface area (Å²) in [5.74, 6) is 1.56. The number of hydrogen-bond donors (Lipinski definition) is 2. The Kier molecular flexibility index (Phi) is 6.69. The van der Waals surface area contributed by atoms with Gasteiger partial charge in [-0.3, -0.25) is 4.79 Å². The molecule has 0 aromatic carbocycles. The number of fused-ring (bicyclic) bond motifs is 1. The van der Waals surface area contributed by atoms with Gasteiger partial charge in [0.2, 0.25) is 11.9 Å². The molecule has 0 radical (unpaired) electrons. The van der Waals surface area contributed by atoms with Crippen LogP contribution in [0.2, 0.25) is 0 Å². The van der Waals surface area contributed by atoms with Crippen LogP contribution in [-0.2, 0) is 16.0 Å². The third-order valence-corrected chi connectivity index (χ3v) is 7.73. The molecule has 1 amide bonds. The van der Waals surface area contributed by atoms with Gasteiger partial charge in [-0.2, -0.15) is 4.98 Å². The fourth-order valence-corrected chi connectivity index (χ4v) is 5.28. The van der Waals surface area contributed by atoms with Crippen LogP contribution in [0.1, 0.15) is 39.2 Å². The van der Waals surface area contributed by atoms with Crippen LogP contribution < -0.4 is 15.5 Å². The van der Waals surface area contributed by atoms with Crippen LogP contribution in [0.3, 0.4) is 0 Å². The quantitative estimate of drug-likeness (QED) is 0.599. The third kappa shape index (κ3) is 4.45. The molecule has 5 rings (SSSR count). The highest BCUT2D eigenvalue weighted by molar-refractivity contribution is 5.81. The van der Waals surface area contributed by atoms with E-state index in [-0.39, 0.29) is 35.9 Å². The number of nitrogen functional groups attached to an aromatic ring is 1. The van der Waals surface area contributed by atoms with Gasteiger partial charge in [0.05, 0.1) is 24.9 Å². The van der Waals surface area contributed by atoms with Crippen LogP contribution in [0.15, 0.2) is 12.4 Å². The Morgan fingerprint density at radius 1 is 1.19 bits per heavy atom. The number of aliphatic hydroxyl groups excluding tert-OH is 1. The molecule has 1 saturated carbocycles. The Bertz CT molecular complexity index is 1110. The number of hydrogen-bond acceptors (Lipinski definition) is 10. The molecule has 0 bridgehead atoms. The summed E-state index contributed by atoms with van der Waals surface area (Å²) in [7, 11) is 1.80. The lowest BCUT2D eigenvalue weighted by molar-refractivity contribution is -0.145. The maximum absolute atomic E-state index is 12.6. The van der Waals surface area contributed by atoms with Crippen LogP contribution in [-0.4, -0.2) is 93.4 Å². The molecule has 0 spiro atoms. The Morgan fingerprint density at radius 2 is 1.92 bits per heavy atom. The molecular weight excluding hydrogens is 460 g/mol. The molecule has 2 atom stereocenters. The van der Waals surface area contributed by atoms with E-state index in [1.165, 1.54) is 0 Å². The van der Waals surface area contributed by atoms with Gasteiger partial charge in [0.1, 0.15) is 11.9 Å². The minimum atomic E-state index is -0.961. The second-order valence-corrected chi connectivity index (χ2v) is 10.5. The number of rotatable bonds is 6. The van der Waals surface area contributed by atoms with E-state index >= 15 is 0 Å². The van der Waals surface area contributed by atoms with Gasteiger partial charge in [-0.05, 0) is 32.1 Å². The van der Waals surface area contributed by atoms with Crippen molar-refractivity contribution < 1.29 is 14.6 Å². The van der Waals surface area contributed by atoms with Crippen LogP contribution in [0.4, 0.5) is 17.7 Å². The van der Waals surface area contributed by atoms with E-state index in [9.17, 15) is 9.90 Å². The maximum Gasteiger partial charge on any atom is 0.251 e. The number of nitrogens with two attached hydrogens (primary N) is 1. The minimum absolute atomic E-state index is 0.102. The molecule has 2 aliphatic heterocycles. The number of nitrogens with zero attached hydrogens (tertiary/aromatic N) is 7. The van der Waals surface area contributed by atoms with Crippen LogP contribution in [0.5, 0.6) is 0 Å². The number of carbonyl (C=O) groups is 1. The van der Waals surface area contributed by atoms with Gasteiger partial charge < -0.3 is 30.3 Å². The van der Waals surface area contributed by atoms with E-state index in [4.69, 9.17) is 20.4 Å². The monoisotopic (exact) mass is 496 g/mol. The lowest BCUT2D eigenvalue weighted by Gasteiger charge is -2.46. The number of aromatic nitrogens is 4. The Balaban J connectivity index is 1.42. The molecule has 2 aromatic rings. The van der Waals surface area contributed by atoms with Gasteiger partial charge >= 0.3 is 0 Å². The smallest absolute Gasteiger partial charge is 0.251 e. The minimum Gasteiger partial charge on any atom is -0.383 e. The van der Waals surface area contributed by atoms with Crippen molar-refractivity contribution in [1.29, 1.82) is 0 Å². The number of aliphatic hydroxyl groups is 1. The number of likely N-dealkylation sites (N-methyl/N-ethyl adjacent to an activating group) is 1. The van der Waals surface area contributed by atoms with Crippen LogP contribution in [0, 0.1) is 5.92 Å². The fraction of sp³-hybridized carbons (Fsp3) is 0.640. The van der Waals surface area contributed by atoms with Crippen molar-refractivity contribution in [2.75, 3.05) is 48.9 Å². The predicted molar refractivity (Wildman–Crippen MR) is 137 cm³/mol.